The second-order valence-corrected chi connectivity index (χ2v) is 8.64. The molecule has 0 aromatic heterocycles. The van der Waals surface area contributed by atoms with Crippen LogP contribution >= 0.6 is 0 Å². The highest BCUT2D eigenvalue weighted by molar-refractivity contribution is 5.80. The van der Waals surface area contributed by atoms with E-state index in [4.69, 9.17) is 0 Å². The van der Waals surface area contributed by atoms with Gasteiger partial charge in [0.05, 0.1) is 0 Å². The third kappa shape index (κ3) is 4.34. The van der Waals surface area contributed by atoms with E-state index < -0.39 is 0 Å². The zero-order chi connectivity index (χ0) is 19.5. The Labute approximate surface area is 166 Å². The molecule has 4 rings (SSSR count). The predicted molar refractivity (Wildman–Crippen MR) is 107 cm³/mol. The first-order valence-corrected chi connectivity index (χ1v) is 10.6. The molecule has 2 saturated carbocycles. The number of carbonyl (C=O) groups is 1. The van der Waals surface area contributed by atoms with E-state index in [1.165, 1.54) is 37.1 Å². The first kappa shape index (κ1) is 19.3. The van der Waals surface area contributed by atoms with Gasteiger partial charge in [-0.1, -0.05) is 37.1 Å². The second-order valence-electron chi connectivity index (χ2n) is 8.64. The molecule has 1 nitrogen and oxygen atoms in total. The summed E-state index contributed by atoms with van der Waals surface area (Å²) in [6.45, 7) is 0. The van der Waals surface area contributed by atoms with E-state index in [-0.39, 0.29) is 29.3 Å². The van der Waals surface area contributed by atoms with E-state index in [0.717, 1.165) is 36.8 Å². The number of ketones is 1. The number of hydrogen-bond donors (Lipinski definition) is 0. The molecule has 0 saturated heterocycles. The molecule has 0 aliphatic heterocycles. The average Bonchev–Trinajstić information content (AvgIpc) is 2.59. The number of halogens is 2. The van der Waals surface area contributed by atoms with Gasteiger partial charge in [-0.05, 0) is 84.7 Å². The molecular formula is C25H28F2O. The van der Waals surface area contributed by atoms with Crippen LogP contribution in [0.1, 0.15) is 74.3 Å². The standard InChI is InChI=1S/C25H28F2O/c26-21-11-7-19(8-12-21)24(17-3-1-4-17)15-23(28)16-25(18-5-2-6-18)20-9-13-22(27)14-10-20/h7-14,17-18,24-25H,1-6,15-16H2. The second kappa shape index (κ2) is 8.55. The van der Waals surface area contributed by atoms with Crippen LogP contribution in [0.4, 0.5) is 8.78 Å². The highest BCUT2D eigenvalue weighted by Gasteiger charge is 2.33. The van der Waals surface area contributed by atoms with E-state index in [9.17, 15) is 13.6 Å². The minimum absolute atomic E-state index is 0.192. The Morgan fingerprint density at radius 1 is 0.714 bits per heavy atom. The largest absolute Gasteiger partial charge is 0.300 e. The molecule has 0 amide bonds. The number of carbonyl (C=O) groups excluding carboxylic acids is 1. The molecular weight excluding hydrogens is 354 g/mol. The summed E-state index contributed by atoms with van der Waals surface area (Å²) >= 11 is 0. The van der Waals surface area contributed by atoms with E-state index in [1.807, 2.05) is 24.3 Å². The molecule has 28 heavy (non-hydrogen) atoms. The van der Waals surface area contributed by atoms with Crippen molar-refractivity contribution in [3.8, 4) is 0 Å². The molecule has 2 aromatic carbocycles. The fraction of sp³-hybridized carbons (Fsp3) is 0.480. The molecule has 2 atom stereocenters. The number of rotatable bonds is 8. The van der Waals surface area contributed by atoms with E-state index in [2.05, 4.69) is 0 Å². The van der Waals surface area contributed by atoms with Gasteiger partial charge in [0.15, 0.2) is 0 Å². The lowest BCUT2D eigenvalue weighted by molar-refractivity contribution is -0.120. The fourth-order valence-electron chi connectivity index (χ4n) is 4.79. The molecule has 2 aliphatic carbocycles. The number of hydrogen-bond acceptors (Lipinski definition) is 1. The Morgan fingerprint density at radius 3 is 1.36 bits per heavy atom. The Kier molecular flexibility index (Phi) is 5.89. The van der Waals surface area contributed by atoms with Crippen molar-refractivity contribution in [3.05, 3.63) is 71.3 Å². The summed E-state index contributed by atoms with van der Waals surface area (Å²) in [5.41, 5.74) is 2.17. The summed E-state index contributed by atoms with van der Waals surface area (Å²) in [4.78, 5) is 13.1. The quantitative estimate of drug-likeness (QED) is 0.492. The zero-order valence-electron chi connectivity index (χ0n) is 16.2. The van der Waals surface area contributed by atoms with Crippen LogP contribution in [0.25, 0.3) is 0 Å². The molecule has 0 N–H and O–H groups in total. The van der Waals surface area contributed by atoms with Crippen molar-refractivity contribution < 1.29 is 13.6 Å². The van der Waals surface area contributed by atoms with Crippen LogP contribution in [0.5, 0.6) is 0 Å². The van der Waals surface area contributed by atoms with Gasteiger partial charge in [-0.15, -0.1) is 0 Å². The van der Waals surface area contributed by atoms with Gasteiger partial charge in [0, 0.05) is 12.8 Å². The monoisotopic (exact) mass is 382 g/mol. The molecule has 2 aliphatic rings. The summed E-state index contributed by atoms with van der Waals surface area (Å²) in [6.07, 6.45) is 8.10. The molecule has 0 spiro atoms. The van der Waals surface area contributed by atoms with E-state index in [1.54, 1.807) is 0 Å². The smallest absolute Gasteiger partial charge is 0.134 e. The van der Waals surface area contributed by atoms with Crippen LogP contribution in [-0.2, 0) is 4.79 Å². The van der Waals surface area contributed by atoms with Crippen LogP contribution in [0.2, 0.25) is 0 Å². The van der Waals surface area contributed by atoms with Gasteiger partial charge in [0.2, 0.25) is 0 Å². The van der Waals surface area contributed by atoms with Crippen molar-refractivity contribution in [2.24, 2.45) is 11.8 Å². The minimum atomic E-state index is -0.233. The predicted octanol–water partition coefficient (Wildman–Crippen LogP) is 6.78. The highest BCUT2D eigenvalue weighted by atomic mass is 19.1. The number of Topliss-reactive ketones (excluding diaryl/α,β-unsaturated/α-hetero) is 1. The van der Waals surface area contributed by atoms with E-state index >= 15 is 0 Å². The topological polar surface area (TPSA) is 17.1 Å². The van der Waals surface area contributed by atoms with E-state index in [0.29, 0.717) is 24.7 Å². The lowest BCUT2D eigenvalue weighted by atomic mass is 9.68. The molecule has 2 aromatic rings. The fourth-order valence-corrected chi connectivity index (χ4v) is 4.79. The number of benzene rings is 2. The first-order valence-electron chi connectivity index (χ1n) is 10.6. The summed E-state index contributed by atoms with van der Waals surface area (Å²) in [7, 11) is 0. The van der Waals surface area contributed by atoms with Crippen LogP contribution in [0.15, 0.2) is 48.5 Å². The SMILES string of the molecule is O=C(CC(c1ccc(F)cc1)C1CCC1)CC(c1ccc(F)cc1)C1CCC1. The Morgan fingerprint density at radius 2 is 1.07 bits per heavy atom. The molecule has 0 heterocycles. The maximum atomic E-state index is 13.3. The Hall–Kier alpha value is -2.03. The van der Waals surface area contributed by atoms with Crippen molar-refractivity contribution in [2.75, 3.05) is 0 Å². The van der Waals surface area contributed by atoms with Gasteiger partial charge < -0.3 is 0 Å². The molecule has 0 bridgehead atoms. The van der Waals surface area contributed by atoms with Gasteiger partial charge in [-0.3, -0.25) is 4.79 Å². The lowest BCUT2D eigenvalue weighted by Crippen LogP contribution is -2.26. The van der Waals surface area contributed by atoms with Gasteiger partial charge in [-0.25, -0.2) is 8.78 Å². The molecule has 3 heteroatoms. The normalized spacial score (nSPS) is 19.5. The maximum absolute atomic E-state index is 13.3. The van der Waals surface area contributed by atoms with Gasteiger partial charge in [0.1, 0.15) is 17.4 Å². The highest BCUT2D eigenvalue weighted by Crippen LogP contribution is 2.44. The summed E-state index contributed by atoms with van der Waals surface area (Å²) in [6, 6.07) is 13.4. The van der Waals surface area contributed by atoms with Gasteiger partial charge in [0.25, 0.3) is 0 Å². The van der Waals surface area contributed by atoms with Crippen molar-refractivity contribution in [1.29, 1.82) is 0 Å². The van der Waals surface area contributed by atoms with Crippen molar-refractivity contribution >= 4 is 5.78 Å². The molecule has 2 unspecified atom stereocenters. The molecule has 2 fully saturated rings. The third-order valence-electron chi connectivity index (χ3n) is 6.93. The molecule has 0 radical (unpaired) electrons. The van der Waals surface area contributed by atoms with Crippen LogP contribution < -0.4 is 0 Å². The summed E-state index contributed by atoms with van der Waals surface area (Å²) < 4.78 is 26.7. The summed E-state index contributed by atoms with van der Waals surface area (Å²) in [5.74, 6) is 1.26. The zero-order valence-corrected chi connectivity index (χ0v) is 16.2. The third-order valence-corrected chi connectivity index (χ3v) is 6.93. The van der Waals surface area contributed by atoms with Crippen LogP contribution in [0, 0.1) is 23.5 Å². The lowest BCUT2D eigenvalue weighted by Gasteiger charge is -2.36. The van der Waals surface area contributed by atoms with Crippen LogP contribution in [0.3, 0.4) is 0 Å². The van der Waals surface area contributed by atoms with Crippen molar-refractivity contribution in [1.82, 2.24) is 0 Å². The minimum Gasteiger partial charge on any atom is -0.300 e. The average molecular weight is 382 g/mol. The van der Waals surface area contributed by atoms with Crippen LogP contribution in [-0.4, -0.2) is 5.78 Å². The van der Waals surface area contributed by atoms with Crippen molar-refractivity contribution in [3.63, 3.8) is 0 Å². The van der Waals surface area contributed by atoms with Gasteiger partial charge >= 0.3 is 0 Å². The Balaban J connectivity index is 1.48. The summed E-state index contributed by atoms with van der Waals surface area (Å²) in [5, 5.41) is 0. The Bertz CT molecular complexity index is 721. The first-order chi connectivity index (χ1) is 13.6. The van der Waals surface area contributed by atoms with Gasteiger partial charge in [-0.2, -0.15) is 0 Å². The van der Waals surface area contributed by atoms with Crippen molar-refractivity contribution in [2.45, 2.75) is 63.2 Å². The maximum Gasteiger partial charge on any atom is 0.134 e. The molecule has 148 valence electrons.